The first-order valence-electron chi connectivity index (χ1n) is 8.27. The molecular formula is C17H17N3O3. The molecule has 2 saturated heterocycles. The molecule has 2 aliphatic heterocycles. The number of rotatable bonds is 2. The summed E-state index contributed by atoms with van der Waals surface area (Å²) in [6, 6.07) is 4.89. The molecule has 5 rings (SSSR count). The molecule has 3 amide bonds. The number of imide groups is 1. The van der Waals surface area contributed by atoms with Crippen LogP contribution in [-0.2, 0) is 4.79 Å². The molecule has 2 aromatic rings. The number of hydrogen-bond acceptors (Lipinski definition) is 4. The summed E-state index contributed by atoms with van der Waals surface area (Å²) >= 11 is 0. The number of anilines is 1. The van der Waals surface area contributed by atoms with Crippen LogP contribution in [-0.4, -0.2) is 34.4 Å². The van der Waals surface area contributed by atoms with Gasteiger partial charge in [0, 0.05) is 18.5 Å². The van der Waals surface area contributed by atoms with E-state index < -0.39 is 0 Å². The van der Waals surface area contributed by atoms with Crippen LogP contribution in [0.5, 0.6) is 0 Å². The highest BCUT2D eigenvalue weighted by Crippen LogP contribution is 2.41. The van der Waals surface area contributed by atoms with Crippen molar-refractivity contribution in [1.29, 1.82) is 0 Å². The molecule has 1 unspecified atom stereocenters. The van der Waals surface area contributed by atoms with Crippen LogP contribution in [0, 0.1) is 0 Å². The van der Waals surface area contributed by atoms with E-state index in [2.05, 4.69) is 4.98 Å². The normalized spacial score (nSPS) is 24.6. The Balaban J connectivity index is 1.54. The molecule has 1 aromatic heterocycles. The number of carbonyl (C=O) groups excluding carboxylic acids is 2. The molecule has 0 radical (unpaired) electrons. The third kappa shape index (κ3) is 1.90. The van der Waals surface area contributed by atoms with Crippen LogP contribution in [0.4, 0.5) is 10.5 Å². The number of amides is 3. The standard InChI is InChI=1S/C17H17N3O3/c21-16-13-3-1-2-8-19(13)17(22)20(16)11-6-7-12-14(9-11)23-15(18-12)10-4-5-10/h6-7,9-10,13H,1-5,8H2. The van der Waals surface area contributed by atoms with Crippen molar-refractivity contribution < 1.29 is 14.0 Å². The van der Waals surface area contributed by atoms with Crippen molar-refractivity contribution in [3.63, 3.8) is 0 Å². The molecule has 3 heterocycles. The van der Waals surface area contributed by atoms with Crippen molar-refractivity contribution in [3.05, 3.63) is 24.1 Å². The molecule has 1 atom stereocenters. The molecular weight excluding hydrogens is 294 g/mol. The fourth-order valence-electron chi connectivity index (χ4n) is 3.60. The third-order valence-electron chi connectivity index (χ3n) is 5.02. The number of aromatic nitrogens is 1. The number of nitrogens with zero attached hydrogens (tertiary/aromatic N) is 3. The van der Waals surface area contributed by atoms with Crippen molar-refractivity contribution >= 4 is 28.7 Å². The number of carbonyl (C=O) groups is 2. The second kappa shape index (κ2) is 4.57. The minimum atomic E-state index is -0.288. The second-order valence-electron chi connectivity index (χ2n) is 6.64. The Morgan fingerprint density at radius 3 is 2.78 bits per heavy atom. The summed E-state index contributed by atoms with van der Waals surface area (Å²) in [6.07, 6.45) is 4.98. The van der Waals surface area contributed by atoms with E-state index in [-0.39, 0.29) is 18.0 Å². The van der Waals surface area contributed by atoms with Gasteiger partial charge in [-0.3, -0.25) is 4.79 Å². The maximum absolute atomic E-state index is 12.6. The lowest BCUT2D eigenvalue weighted by Crippen LogP contribution is -2.39. The predicted octanol–water partition coefficient (Wildman–Crippen LogP) is 3.03. The van der Waals surface area contributed by atoms with E-state index in [0.717, 1.165) is 43.5 Å². The number of piperidine rings is 1. The fraction of sp³-hybridized carbons (Fsp3) is 0.471. The molecule has 6 heteroatoms. The van der Waals surface area contributed by atoms with Crippen LogP contribution < -0.4 is 4.90 Å². The van der Waals surface area contributed by atoms with Gasteiger partial charge in [-0.25, -0.2) is 14.7 Å². The highest BCUT2D eigenvalue weighted by Gasteiger charge is 2.46. The van der Waals surface area contributed by atoms with Gasteiger partial charge in [0.25, 0.3) is 5.91 Å². The zero-order valence-corrected chi connectivity index (χ0v) is 12.7. The van der Waals surface area contributed by atoms with Gasteiger partial charge < -0.3 is 9.32 Å². The molecule has 1 aliphatic carbocycles. The number of urea groups is 1. The summed E-state index contributed by atoms with van der Waals surface area (Å²) in [5.41, 5.74) is 2.02. The Bertz CT molecular complexity index is 800. The van der Waals surface area contributed by atoms with Gasteiger partial charge in [-0.15, -0.1) is 0 Å². The average molecular weight is 311 g/mol. The summed E-state index contributed by atoms with van der Waals surface area (Å²) in [5, 5.41) is 0. The van der Waals surface area contributed by atoms with Crippen LogP contribution in [0.3, 0.4) is 0 Å². The topological polar surface area (TPSA) is 66.7 Å². The minimum absolute atomic E-state index is 0.115. The summed E-state index contributed by atoms with van der Waals surface area (Å²) in [5.74, 6) is 1.10. The average Bonchev–Trinajstić information content (AvgIpc) is 3.28. The highest BCUT2D eigenvalue weighted by atomic mass is 16.3. The second-order valence-corrected chi connectivity index (χ2v) is 6.64. The van der Waals surface area contributed by atoms with Crippen LogP contribution in [0.1, 0.15) is 43.9 Å². The molecule has 1 aromatic carbocycles. The van der Waals surface area contributed by atoms with Crippen LogP contribution in [0.15, 0.2) is 22.6 Å². The monoisotopic (exact) mass is 311 g/mol. The zero-order valence-electron chi connectivity index (χ0n) is 12.7. The van der Waals surface area contributed by atoms with Crippen LogP contribution in [0.2, 0.25) is 0 Å². The first-order valence-corrected chi connectivity index (χ1v) is 8.27. The quantitative estimate of drug-likeness (QED) is 0.800. The fourth-order valence-corrected chi connectivity index (χ4v) is 3.60. The third-order valence-corrected chi connectivity index (χ3v) is 5.02. The van der Waals surface area contributed by atoms with Gasteiger partial charge in [0.2, 0.25) is 0 Å². The van der Waals surface area contributed by atoms with Crippen LogP contribution >= 0.6 is 0 Å². The van der Waals surface area contributed by atoms with E-state index in [1.165, 1.54) is 4.90 Å². The lowest BCUT2D eigenvalue weighted by Gasteiger charge is -2.25. The van der Waals surface area contributed by atoms with Gasteiger partial charge in [0.1, 0.15) is 11.6 Å². The van der Waals surface area contributed by atoms with Gasteiger partial charge in [-0.05, 0) is 44.2 Å². The van der Waals surface area contributed by atoms with E-state index in [4.69, 9.17) is 4.42 Å². The molecule has 23 heavy (non-hydrogen) atoms. The van der Waals surface area contributed by atoms with E-state index in [9.17, 15) is 9.59 Å². The number of hydrogen-bond donors (Lipinski definition) is 0. The molecule has 3 fully saturated rings. The van der Waals surface area contributed by atoms with Crippen molar-refractivity contribution in [2.75, 3.05) is 11.4 Å². The zero-order chi connectivity index (χ0) is 15.6. The maximum atomic E-state index is 12.6. The largest absolute Gasteiger partial charge is 0.440 e. The van der Waals surface area contributed by atoms with E-state index in [1.54, 1.807) is 17.0 Å². The lowest BCUT2D eigenvalue weighted by atomic mass is 10.0. The molecule has 0 N–H and O–H groups in total. The molecule has 3 aliphatic rings. The van der Waals surface area contributed by atoms with Crippen molar-refractivity contribution in [2.24, 2.45) is 0 Å². The Hall–Kier alpha value is -2.37. The van der Waals surface area contributed by atoms with Crippen molar-refractivity contribution in [2.45, 2.75) is 44.1 Å². The smallest absolute Gasteiger partial charge is 0.332 e. The van der Waals surface area contributed by atoms with Crippen molar-refractivity contribution in [3.8, 4) is 0 Å². The van der Waals surface area contributed by atoms with Gasteiger partial charge in [-0.1, -0.05) is 0 Å². The lowest BCUT2D eigenvalue weighted by molar-refractivity contribution is -0.120. The number of fused-ring (bicyclic) bond motifs is 2. The van der Waals surface area contributed by atoms with E-state index in [1.807, 2.05) is 6.07 Å². The SMILES string of the molecule is O=C1C2CCCCN2C(=O)N1c1ccc2nc(C3CC3)oc2c1. The summed E-state index contributed by atoms with van der Waals surface area (Å²) in [7, 11) is 0. The molecule has 1 saturated carbocycles. The molecule has 118 valence electrons. The molecule has 6 nitrogen and oxygen atoms in total. The van der Waals surface area contributed by atoms with Gasteiger partial charge in [-0.2, -0.15) is 0 Å². The minimum Gasteiger partial charge on any atom is -0.440 e. The Labute approximate surface area is 133 Å². The van der Waals surface area contributed by atoms with E-state index in [0.29, 0.717) is 23.7 Å². The Morgan fingerprint density at radius 2 is 2.00 bits per heavy atom. The number of oxazole rings is 1. The highest BCUT2D eigenvalue weighted by molar-refractivity contribution is 6.21. The Morgan fingerprint density at radius 1 is 1.13 bits per heavy atom. The Kier molecular flexibility index (Phi) is 2.60. The first kappa shape index (κ1) is 13.1. The van der Waals surface area contributed by atoms with Gasteiger partial charge in [0.05, 0.1) is 5.69 Å². The summed E-state index contributed by atoms with van der Waals surface area (Å²) < 4.78 is 5.81. The number of benzene rings is 1. The van der Waals surface area contributed by atoms with E-state index >= 15 is 0 Å². The summed E-state index contributed by atoms with van der Waals surface area (Å²) in [4.78, 5) is 32.7. The van der Waals surface area contributed by atoms with Gasteiger partial charge >= 0.3 is 6.03 Å². The van der Waals surface area contributed by atoms with Gasteiger partial charge in [0.15, 0.2) is 11.5 Å². The molecule has 0 bridgehead atoms. The first-order chi connectivity index (χ1) is 11.2. The molecule has 0 spiro atoms. The van der Waals surface area contributed by atoms with Crippen molar-refractivity contribution in [1.82, 2.24) is 9.88 Å². The summed E-state index contributed by atoms with van der Waals surface area (Å²) in [6.45, 7) is 0.669. The predicted molar refractivity (Wildman–Crippen MR) is 83.2 cm³/mol. The maximum Gasteiger partial charge on any atom is 0.332 e. The van der Waals surface area contributed by atoms with Crippen LogP contribution in [0.25, 0.3) is 11.1 Å².